The van der Waals surface area contributed by atoms with E-state index < -0.39 is 28.1 Å². The van der Waals surface area contributed by atoms with E-state index in [2.05, 4.69) is 89.1 Å². The average Bonchev–Trinajstić information content (AvgIpc) is 2.90. The minimum absolute atomic E-state index is 0.146. The molecule has 0 bridgehead atoms. The van der Waals surface area contributed by atoms with Crippen LogP contribution >= 0.6 is 7.14 Å². The van der Waals surface area contributed by atoms with Gasteiger partial charge in [-0.05, 0) is 0 Å². The molecule has 0 saturated carbocycles. The quantitative estimate of drug-likeness (QED) is 0.213. The number of hydrogen-bond acceptors (Lipinski definition) is 1. The van der Waals surface area contributed by atoms with Crippen molar-refractivity contribution in [1.29, 1.82) is 0 Å². The SMILES string of the molecule is O=P(c1ccccc1)(c1ccccc1)[C@H]1[Te]C=C(c2ccccc2)C[C@@H]1c1ccccc1. The van der Waals surface area contributed by atoms with Gasteiger partial charge in [-0.25, -0.2) is 0 Å². The van der Waals surface area contributed by atoms with Crippen molar-refractivity contribution in [3.63, 3.8) is 0 Å². The van der Waals surface area contributed by atoms with Crippen molar-refractivity contribution in [3.8, 4) is 0 Å². The van der Waals surface area contributed by atoms with Crippen LogP contribution in [0.4, 0.5) is 0 Å². The zero-order valence-electron chi connectivity index (χ0n) is 17.7. The molecule has 0 unspecified atom stereocenters. The Labute approximate surface area is 200 Å². The maximum atomic E-state index is 15.2. The van der Waals surface area contributed by atoms with Crippen LogP contribution in [-0.2, 0) is 4.57 Å². The Balaban J connectivity index is 1.67. The second-order valence-corrected chi connectivity index (χ2v) is 15.0. The molecular formula is C29H25OPTe. The van der Waals surface area contributed by atoms with Crippen LogP contribution < -0.4 is 10.6 Å². The topological polar surface area (TPSA) is 17.1 Å². The van der Waals surface area contributed by atoms with Crippen LogP contribution in [0, 0.1) is 0 Å². The number of allylic oxidation sites excluding steroid dienone is 1. The molecule has 4 aromatic rings. The van der Waals surface area contributed by atoms with Crippen LogP contribution in [0.1, 0.15) is 23.5 Å². The minimum atomic E-state index is -2.83. The van der Waals surface area contributed by atoms with E-state index >= 15 is 4.57 Å². The third kappa shape index (κ3) is 4.16. The molecule has 158 valence electrons. The van der Waals surface area contributed by atoms with Crippen molar-refractivity contribution in [1.82, 2.24) is 0 Å². The molecule has 5 rings (SSSR count). The summed E-state index contributed by atoms with van der Waals surface area (Å²) < 4.78 is 17.8. The molecule has 1 aliphatic rings. The maximum absolute atomic E-state index is 15.2. The van der Waals surface area contributed by atoms with E-state index in [1.807, 2.05) is 36.4 Å². The van der Waals surface area contributed by atoms with E-state index in [1.165, 1.54) is 16.7 Å². The van der Waals surface area contributed by atoms with Gasteiger partial charge < -0.3 is 0 Å². The van der Waals surface area contributed by atoms with Crippen molar-refractivity contribution in [2.75, 3.05) is 0 Å². The van der Waals surface area contributed by atoms with Crippen molar-refractivity contribution >= 4 is 44.2 Å². The normalized spacial score (nSPS) is 18.7. The molecule has 0 amide bonds. The first-order chi connectivity index (χ1) is 15.8. The fraction of sp³-hybridized carbons (Fsp3) is 0.103. The summed E-state index contributed by atoms with van der Waals surface area (Å²) in [5.41, 5.74) is 4.01. The van der Waals surface area contributed by atoms with Gasteiger partial charge in [0.15, 0.2) is 0 Å². The van der Waals surface area contributed by atoms with Gasteiger partial charge in [0.25, 0.3) is 0 Å². The van der Waals surface area contributed by atoms with E-state index in [0.29, 0.717) is 0 Å². The summed E-state index contributed by atoms with van der Waals surface area (Å²) in [4.78, 5) is 0. The number of benzene rings is 4. The van der Waals surface area contributed by atoms with Crippen molar-refractivity contribution in [2.45, 2.75) is 16.0 Å². The third-order valence-electron chi connectivity index (χ3n) is 6.14. The first-order valence-corrected chi connectivity index (χ1v) is 15.4. The van der Waals surface area contributed by atoms with Gasteiger partial charge in [0.1, 0.15) is 0 Å². The number of rotatable bonds is 5. The Bertz CT molecular complexity index is 1190. The van der Waals surface area contributed by atoms with Gasteiger partial charge in [-0.1, -0.05) is 0 Å². The molecule has 0 radical (unpaired) electrons. The summed E-state index contributed by atoms with van der Waals surface area (Å²) in [5, 5.41) is 1.97. The van der Waals surface area contributed by atoms with Crippen LogP contribution in [0.25, 0.3) is 5.57 Å². The molecule has 0 fully saturated rings. The molecule has 0 aromatic heterocycles. The van der Waals surface area contributed by atoms with Crippen LogP contribution in [0.15, 0.2) is 125 Å². The summed E-state index contributed by atoms with van der Waals surface area (Å²) >= 11 is -0.676. The van der Waals surface area contributed by atoms with E-state index in [4.69, 9.17) is 0 Å². The molecule has 0 spiro atoms. The molecule has 1 nitrogen and oxygen atoms in total. The molecule has 1 heterocycles. The van der Waals surface area contributed by atoms with Crippen molar-refractivity contribution in [3.05, 3.63) is 137 Å². The van der Waals surface area contributed by atoms with Crippen molar-refractivity contribution in [2.24, 2.45) is 0 Å². The summed E-state index contributed by atoms with van der Waals surface area (Å²) in [5.74, 6) is 0.241. The molecular weight excluding hydrogens is 523 g/mol. The Morgan fingerprint density at radius 3 is 1.62 bits per heavy atom. The molecule has 0 saturated heterocycles. The van der Waals surface area contributed by atoms with Crippen LogP contribution in [-0.4, -0.2) is 24.6 Å². The van der Waals surface area contributed by atoms with Gasteiger partial charge in [-0.3, -0.25) is 0 Å². The Hall–Kier alpha value is -2.36. The monoisotopic (exact) mass is 550 g/mol. The predicted octanol–water partition coefficient (Wildman–Crippen LogP) is 6.26. The molecule has 3 heteroatoms. The fourth-order valence-corrected chi connectivity index (χ4v) is 14.4. The van der Waals surface area contributed by atoms with Gasteiger partial charge in [0.2, 0.25) is 0 Å². The van der Waals surface area contributed by atoms with Crippen LogP contribution in [0.5, 0.6) is 0 Å². The van der Waals surface area contributed by atoms with E-state index in [-0.39, 0.29) is 9.62 Å². The van der Waals surface area contributed by atoms with Gasteiger partial charge in [-0.2, -0.15) is 0 Å². The van der Waals surface area contributed by atoms with Gasteiger partial charge in [0.05, 0.1) is 0 Å². The summed E-state index contributed by atoms with van der Waals surface area (Å²) in [6.07, 6.45) is 0.924. The van der Waals surface area contributed by atoms with E-state index in [1.54, 1.807) is 0 Å². The van der Waals surface area contributed by atoms with Crippen LogP contribution in [0.3, 0.4) is 0 Å². The van der Waals surface area contributed by atoms with Gasteiger partial charge in [0, 0.05) is 0 Å². The molecule has 1 aliphatic heterocycles. The summed E-state index contributed by atoms with van der Waals surface area (Å²) in [6, 6.07) is 41.8. The van der Waals surface area contributed by atoms with Crippen LogP contribution in [0.2, 0.25) is 0 Å². The second-order valence-electron chi connectivity index (χ2n) is 8.09. The van der Waals surface area contributed by atoms with Crippen molar-refractivity contribution < 1.29 is 4.57 Å². The zero-order valence-corrected chi connectivity index (χ0v) is 21.0. The first kappa shape index (κ1) is 21.5. The first-order valence-electron chi connectivity index (χ1n) is 10.9. The number of hydrogen-bond donors (Lipinski definition) is 0. The predicted molar refractivity (Wildman–Crippen MR) is 138 cm³/mol. The third-order valence-corrected chi connectivity index (χ3v) is 15.6. The zero-order chi connectivity index (χ0) is 21.8. The average molecular weight is 548 g/mol. The summed E-state index contributed by atoms with van der Waals surface area (Å²) in [6.45, 7) is 0. The Morgan fingerprint density at radius 2 is 1.09 bits per heavy atom. The van der Waals surface area contributed by atoms with E-state index in [9.17, 15) is 0 Å². The fourth-order valence-electron chi connectivity index (χ4n) is 4.53. The van der Waals surface area contributed by atoms with Gasteiger partial charge in [-0.15, -0.1) is 0 Å². The van der Waals surface area contributed by atoms with Gasteiger partial charge >= 0.3 is 201 Å². The van der Waals surface area contributed by atoms with E-state index in [0.717, 1.165) is 17.0 Å². The molecule has 2 atom stereocenters. The molecule has 0 aliphatic carbocycles. The molecule has 4 aromatic carbocycles. The molecule has 32 heavy (non-hydrogen) atoms. The second kappa shape index (κ2) is 9.64. The Morgan fingerprint density at radius 1 is 0.625 bits per heavy atom. The summed E-state index contributed by atoms with van der Waals surface area (Å²) in [7, 11) is -2.83. The molecule has 0 N–H and O–H groups in total. The standard InChI is InChI=1S/C29H25OPTe/c30-31(26-17-9-3-10-18-26,27-19-11-4-12-20-27)29-28(24-15-7-2-8-16-24)21-25(22-32-29)23-13-5-1-6-14-23/h1-20,22,28-29H,21H2/t28-,29+/m1/s1. The Kier molecular flexibility index (Phi) is 6.47.